The van der Waals surface area contributed by atoms with Crippen LogP contribution >= 0.6 is 0 Å². The molecular formula is C86H83BN2. The number of benzene rings is 11. The van der Waals surface area contributed by atoms with Gasteiger partial charge in [0.2, 0.25) is 0 Å². The van der Waals surface area contributed by atoms with Gasteiger partial charge in [-0.25, -0.2) is 0 Å². The molecule has 440 valence electrons. The van der Waals surface area contributed by atoms with Gasteiger partial charge in [0.05, 0.1) is 11.4 Å². The van der Waals surface area contributed by atoms with Crippen LogP contribution in [0.3, 0.4) is 0 Å². The number of fused-ring (bicyclic) bond motifs is 5. The van der Waals surface area contributed by atoms with E-state index in [9.17, 15) is 0 Å². The Morgan fingerprint density at radius 2 is 0.652 bits per heavy atom. The quantitative estimate of drug-likeness (QED) is 0.140. The second-order valence-electron chi connectivity index (χ2n) is 30.0. The van der Waals surface area contributed by atoms with E-state index in [4.69, 9.17) is 0 Å². The fraction of sp³-hybridized carbons (Fsp3) is 0.233. The van der Waals surface area contributed by atoms with Gasteiger partial charge in [-0.2, -0.15) is 0 Å². The van der Waals surface area contributed by atoms with Crippen LogP contribution in [0.4, 0.5) is 34.1 Å². The van der Waals surface area contributed by atoms with E-state index in [2.05, 4.69) is 342 Å². The van der Waals surface area contributed by atoms with Crippen LogP contribution < -0.4 is 26.2 Å². The van der Waals surface area contributed by atoms with Crippen LogP contribution in [0.5, 0.6) is 0 Å². The SMILES string of the molecule is CC(C)(C)c1cc(-c2ccccc2)c(N2c3ccc(-c4ccccc4)cc3B3c4cc(-c5cccc6c5C(C)(C)CCC6(C)C)ccc4N(c4c(-c5ccccc5)cc(C(C)(C)C)cc4-c4ccccc4)c4cc(C(C)(C)C)cc2c43)c(-c2ccccc2)c1. The van der Waals surface area contributed by atoms with Crippen molar-refractivity contribution in [3.05, 3.63) is 270 Å². The smallest absolute Gasteiger partial charge is 0.252 e. The summed E-state index contributed by atoms with van der Waals surface area (Å²) in [7, 11) is 0. The van der Waals surface area contributed by atoms with Gasteiger partial charge in [0, 0.05) is 45.0 Å². The molecule has 0 radical (unpaired) electrons. The van der Waals surface area contributed by atoms with Gasteiger partial charge in [-0.05, 0) is 177 Å². The lowest BCUT2D eigenvalue weighted by molar-refractivity contribution is 0.333. The van der Waals surface area contributed by atoms with E-state index < -0.39 is 0 Å². The van der Waals surface area contributed by atoms with Crippen molar-refractivity contribution in [1.82, 2.24) is 0 Å². The Bertz CT molecular complexity index is 4380. The van der Waals surface area contributed by atoms with Crippen molar-refractivity contribution in [1.29, 1.82) is 0 Å². The predicted molar refractivity (Wildman–Crippen MR) is 384 cm³/mol. The lowest BCUT2D eigenvalue weighted by Gasteiger charge is -2.47. The van der Waals surface area contributed by atoms with Gasteiger partial charge in [0.1, 0.15) is 0 Å². The van der Waals surface area contributed by atoms with Crippen molar-refractivity contribution in [2.24, 2.45) is 0 Å². The Labute approximate surface area is 531 Å². The Balaban J connectivity index is 1.19. The van der Waals surface area contributed by atoms with E-state index in [1.807, 2.05) is 0 Å². The molecule has 0 saturated carbocycles. The minimum absolute atomic E-state index is 0.0194. The summed E-state index contributed by atoms with van der Waals surface area (Å²) in [5.41, 5.74) is 31.9. The summed E-state index contributed by atoms with van der Waals surface area (Å²) in [5.74, 6) is 0. The zero-order chi connectivity index (χ0) is 61.9. The highest BCUT2D eigenvalue weighted by Gasteiger charge is 2.47. The van der Waals surface area contributed by atoms with Crippen LogP contribution in [0.15, 0.2) is 243 Å². The largest absolute Gasteiger partial charge is 0.310 e. The molecule has 0 amide bonds. The molecule has 0 aromatic heterocycles. The van der Waals surface area contributed by atoms with Crippen molar-refractivity contribution < 1.29 is 0 Å². The number of nitrogens with zero attached hydrogens (tertiary/aromatic N) is 2. The molecule has 2 heterocycles. The molecule has 0 unspecified atom stereocenters. The van der Waals surface area contributed by atoms with Gasteiger partial charge in [0.15, 0.2) is 0 Å². The molecule has 3 heteroatoms. The van der Waals surface area contributed by atoms with Gasteiger partial charge in [-0.3, -0.25) is 0 Å². The Hall–Kier alpha value is -8.92. The zero-order valence-corrected chi connectivity index (χ0v) is 54.5. The first-order valence-electron chi connectivity index (χ1n) is 32.4. The molecule has 0 N–H and O–H groups in total. The summed E-state index contributed by atoms with van der Waals surface area (Å²) < 4.78 is 0. The van der Waals surface area contributed by atoms with Crippen molar-refractivity contribution >= 4 is 57.2 Å². The van der Waals surface area contributed by atoms with Gasteiger partial charge in [-0.1, -0.05) is 284 Å². The van der Waals surface area contributed by atoms with Gasteiger partial charge in [-0.15, -0.1) is 0 Å². The van der Waals surface area contributed by atoms with Crippen LogP contribution in [-0.2, 0) is 27.1 Å². The van der Waals surface area contributed by atoms with Crippen molar-refractivity contribution in [2.45, 2.75) is 130 Å². The maximum atomic E-state index is 2.73. The molecule has 89 heavy (non-hydrogen) atoms. The number of hydrogen-bond donors (Lipinski definition) is 0. The van der Waals surface area contributed by atoms with Crippen LogP contribution in [-0.4, -0.2) is 6.71 Å². The maximum absolute atomic E-state index is 2.73. The lowest BCUT2D eigenvalue weighted by Crippen LogP contribution is -2.61. The standard InChI is InChI=1S/C86H83BN2/c1-82(2,3)63-50-67(57-32-21-15-22-33-57)80(68(51-63)58-34-23-16-24-35-58)88-74-44-42-61(56-30-19-14-20-31-56)48-72(74)87-73-49-62(66-40-29-41-71-78(66)86(12,13)47-46-85(71,10)11)43-45-75(73)89(77-55-65(84(7,8)9)54-76(88)79(77)87)81-69(59-36-25-17-26-37-59)52-64(83(4,5)6)53-70(81)60-38-27-18-28-39-60/h14-45,48-55H,46-47H2,1-13H3. The van der Waals surface area contributed by atoms with Crippen molar-refractivity contribution in [2.75, 3.05) is 9.80 Å². The van der Waals surface area contributed by atoms with Gasteiger partial charge >= 0.3 is 0 Å². The highest BCUT2D eigenvalue weighted by molar-refractivity contribution is 7.00. The monoisotopic (exact) mass is 1150 g/mol. The number of hydrogen-bond acceptors (Lipinski definition) is 2. The second kappa shape index (κ2) is 21.4. The Morgan fingerprint density at radius 1 is 0.303 bits per heavy atom. The summed E-state index contributed by atoms with van der Waals surface area (Å²) >= 11 is 0. The molecule has 2 aliphatic heterocycles. The topological polar surface area (TPSA) is 6.48 Å². The third kappa shape index (κ3) is 10.1. The minimum atomic E-state index is -0.256. The van der Waals surface area contributed by atoms with Gasteiger partial charge in [0.25, 0.3) is 6.71 Å². The minimum Gasteiger partial charge on any atom is -0.310 e. The first-order chi connectivity index (χ1) is 42.5. The molecule has 11 aromatic carbocycles. The first-order valence-corrected chi connectivity index (χ1v) is 32.4. The summed E-state index contributed by atoms with van der Waals surface area (Å²) in [5, 5.41) is 0. The van der Waals surface area contributed by atoms with E-state index in [1.165, 1.54) is 145 Å². The molecule has 0 atom stereocenters. The third-order valence-electron chi connectivity index (χ3n) is 19.9. The number of anilines is 6. The van der Waals surface area contributed by atoms with E-state index in [0.717, 1.165) is 12.8 Å². The fourth-order valence-corrected chi connectivity index (χ4v) is 14.8. The molecule has 0 bridgehead atoms. The summed E-state index contributed by atoms with van der Waals surface area (Å²) in [6.07, 6.45) is 2.29. The Kier molecular flexibility index (Phi) is 13.9. The summed E-state index contributed by atoms with van der Waals surface area (Å²) in [4.78, 5) is 5.45. The number of rotatable bonds is 8. The summed E-state index contributed by atoms with van der Waals surface area (Å²) in [6, 6.07) is 93.3. The molecule has 0 saturated heterocycles. The molecule has 2 nitrogen and oxygen atoms in total. The maximum Gasteiger partial charge on any atom is 0.252 e. The molecule has 11 aromatic rings. The normalized spacial score (nSPS) is 14.8. The van der Waals surface area contributed by atoms with Crippen LogP contribution in [0.2, 0.25) is 0 Å². The predicted octanol–water partition coefficient (Wildman–Crippen LogP) is 22.0. The molecule has 0 spiro atoms. The molecular weight excluding hydrogens is 1070 g/mol. The van der Waals surface area contributed by atoms with Crippen LogP contribution in [0, 0.1) is 0 Å². The average Bonchev–Trinajstić information content (AvgIpc) is 0.691. The fourth-order valence-electron chi connectivity index (χ4n) is 14.8. The molecule has 1 aliphatic carbocycles. The van der Waals surface area contributed by atoms with Crippen LogP contribution in [0.25, 0.3) is 66.8 Å². The first kappa shape index (κ1) is 57.8. The van der Waals surface area contributed by atoms with Crippen molar-refractivity contribution in [3.8, 4) is 66.8 Å². The average molecular weight is 1160 g/mol. The third-order valence-corrected chi connectivity index (χ3v) is 19.9. The molecule has 0 fully saturated rings. The van der Waals surface area contributed by atoms with Crippen LogP contribution in [0.1, 0.15) is 131 Å². The molecule has 3 aliphatic rings. The zero-order valence-electron chi connectivity index (χ0n) is 54.5. The lowest BCUT2D eigenvalue weighted by atomic mass is 9.33. The van der Waals surface area contributed by atoms with E-state index in [-0.39, 0.29) is 33.8 Å². The van der Waals surface area contributed by atoms with Crippen molar-refractivity contribution in [3.63, 3.8) is 0 Å². The van der Waals surface area contributed by atoms with Gasteiger partial charge < -0.3 is 9.80 Å². The Morgan fingerprint density at radius 3 is 1.04 bits per heavy atom. The van der Waals surface area contributed by atoms with E-state index >= 15 is 0 Å². The highest BCUT2D eigenvalue weighted by Crippen LogP contribution is 2.56. The summed E-state index contributed by atoms with van der Waals surface area (Å²) in [6.45, 7) is 31.0. The molecule has 14 rings (SSSR count). The van der Waals surface area contributed by atoms with E-state index in [1.54, 1.807) is 0 Å². The van der Waals surface area contributed by atoms with E-state index in [0.29, 0.717) is 0 Å². The second-order valence-corrected chi connectivity index (χ2v) is 30.0. The highest BCUT2D eigenvalue weighted by atomic mass is 15.2.